The van der Waals surface area contributed by atoms with Crippen molar-refractivity contribution in [1.82, 2.24) is 14.6 Å². The summed E-state index contributed by atoms with van der Waals surface area (Å²) < 4.78 is 6.61. The van der Waals surface area contributed by atoms with E-state index in [0.29, 0.717) is 22.3 Å². The number of ether oxygens (including phenoxy) is 1. The molecule has 0 saturated carbocycles. The summed E-state index contributed by atoms with van der Waals surface area (Å²) in [6.45, 7) is 2.36. The number of nitrogens with one attached hydrogen (secondary N) is 1. The predicted octanol–water partition coefficient (Wildman–Crippen LogP) is 2.08. The fourth-order valence-electron chi connectivity index (χ4n) is 2.01. The maximum atomic E-state index is 11.8. The minimum atomic E-state index is -0.168. The Labute approximate surface area is 125 Å². The first kappa shape index (κ1) is 13.6. The molecule has 108 valence electrons. The van der Waals surface area contributed by atoms with Crippen LogP contribution in [0.5, 0.6) is 5.75 Å². The molecule has 0 aliphatic carbocycles. The van der Waals surface area contributed by atoms with Crippen molar-refractivity contribution in [2.45, 2.75) is 13.5 Å². The summed E-state index contributed by atoms with van der Waals surface area (Å²) in [4.78, 5) is 16.7. The van der Waals surface area contributed by atoms with Gasteiger partial charge in [0.1, 0.15) is 5.75 Å². The monoisotopic (exact) mass is 302 g/mol. The number of aryl methyl sites for hydroxylation is 1. The molecule has 1 N–H and O–H groups in total. The van der Waals surface area contributed by atoms with E-state index in [1.807, 2.05) is 24.3 Å². The Bertz CT molecular complexity index is 840. The van der Waals surface area contributed by atoms with E-state index in [-0.39, 0.29) is 5.56 Å². The van der Waals surface area contributed by atoms with Gasteiger partial charge in [-0.05, 0) is 13.0 Å². The molecule has 0 saturated heterocycles. The van der Waals surface area contributed by atoms with Crippen LogP contribution in [0, 0.1) is 6.92 Å². The van der Waals surface area contributed by atoms with Crippen LogP contribution in [0.1, 0.15) is 11.3 Å². The lowest BCUT2D eigenvalue weighted by atomic mass is 10.2. The molecular formula is C14H14N4O2S. The molecular weight excluding hydrogens is 288 g/mol. The van der Waals surface area contributed by atoms with Gasteiger partial charge >= 0.3 is 0 Å². The first-order valence-corrected chi connectivity index (χ1v) is 7.22. The number of fused-ring (bicyclic) bond motifs is 1. The number of benzene rings is 1. The van der Waals surface area contributed by atoms with Crippen LogP contribution in [0.4, 0.5) is 5.13 Å². The van der Waals surface area contributed by atoms with Crippen molar-refractivity contribution >= 4 is 21.4 Å². The molecule has 1 aromatic carbocycles. The average molecular weight is 302 g/mol. The highest BCUT2D eigenvalue weighted by molar-refractivity contribution is 7.20. The van der Waals surface area contributed by atoms with Gasteiger partial charge in [-0.25, -0.2) is 4.98 Å². The Kier molecular flexibility index (Phi) is 3.57. The van der Waals surface area contributed by atoms with Crippen molar-refractivity contribution in [2.75, 3.05) is 12.4 Å². The lowest BCUT2D eigenvalue weighted by Crippen LogP contribution is -2.14. The highest BCUT2D eigenvalue weighted by Gasteiger charge is 2.08. The normalized spacial score (nSPS) is 10.8. The minimum Gasteiger partial charge on any atom is -0.496 e. The molecule has 0 radical (unpaired) electrons. The molecule has 2 aromatic heterocycles. The lowest BCUT2D eigenvalue weighted by Gasteiger charge is -2.07. The third-order valence-corrected chi connectivity index (χ3v) is 3.86. The molecule has 2 heterocycles. The molecule has 3 aromatic rings. The third-order valence-electron chi connectivity index (χ3n) is 3.00. The highest BCUT2D eigenvalue weighted by atomic mass is 32.1. The van der Waals surface area contributed by atoms with Crippen LogP contribution < -0.4 is 15.6 Å². The summed E-state index contributed by atoms with van der Waals surface area (Å²) in [5, 5.41) is 8.08. The van der Waals surface area contributed by atoms with Crippen LogP contribution in [-0.2, 0) is 6.54 Å². The molecule has 6 nitrogen and oxygen atoms in total. The van der Waals surface area contributed by atoms with Crippen molar-refractivity contribution in [3.63, 3.8) is 0 Å². The van der Waals surface area contributed by atoms with Crippen LogP contribution >= 0.6 is 11.3 Å². The van der Waals surface area contributed by atoms with E-state index in [2.05, 4.69) is 15.4 Å². The van der Waals surface area contributed by atoms with Crippen LogP contribution in [0.25, 0.3) is 4.96 Å². The second-order valence-electron chi connectivity index (χ2n) is 4.50. The summed E-state index contributed by atoms with van der Waals surface area (Å²) in [5.74, 6) is 0.817. The standard InChI is InChI=1S/C14H14N4O2S/c1-9-7-12(19)18-14(16-9)21-13(17-18)15-8-10-5-3-4-6-11(10)20-2/h3-7H,8H2,1-2H3,(H,15,17). The average Bonchev–Trinajstić information content (AvgIpc) is 2.88. The second kappa shape index (κ2) is 5.53. The Balaban J connectivity index is 1.85. The number of anilines is 1. The van der Waals surface area contributed by atoms with Gasteiger partial charge in [0.15, 0.2) is 0 Å². The molecule has 0 aliphatic rings. The zero-order valence-electron chi connectivity index (χ0n) is 11.7. The summed E-state index contributed by atoms with van der Waals surface area (Å²) in [6.07, 6.45) is 0. The highest BCUT2D eigenvalue weighted by Crippen LogP contribution is 2.21. The quantitative estimate of drug-likeness (QED) is 0.799. The molecule has 0 amide bonds. The van der Waals surface area contributed by atoms with E-state index in [0.717, 1.165) is 11.3 Å². The predicted molar refractivity (Wildman–Crippen MR) is 82.2 cm³/mol. The van der Waals surface area contributed by atoms with Crippen molar-refractivity contribution in [3.8, 4) is 5.75 Å². The van der Waals surface area contributed by atoms with Crippen molar-refractivity contribution in [3.05, 3.63) is 51.9 Å². The number of nitrogens with zero attached hydrogens (tertiary/aromatic N) is 3. The van der Waals surface area contributed by atoms with Crippen LogP contribution in [0.2, 0.25) is 0 Å². The molecule has 0 aliphatic heterocycles. The molecule has 0 bridgehead atoms. The van der Waals surface area contributed by atoms with Crippen LogP contribution in [0.3, 0.4) is 0 Å². The maximum absolute atomic E-state index is 11.8. The van der Waals surface area contributed by atoms with E-state index in [4.69, 9.17) is 4.74 Å². The number of para-hydroxylation sites is 1. The first-order chi connectivity index (χ1) is 10.2. The summed E-state index contributed by atoms with van der Waals surface area (Å²) in [6, 6.07) is 9.23. The summed E-state index contributed by atoms with van der Waals surface area (Å²) in [5.41, 5.74) is 1.55. The largest absolute Gasteiger partial charge is 0.496 e. The molecule has 7 heteroatoms. The van der Waals surface area contributed by atoms with E-state index < -0.39 is 0 Å². The maximum Gasteiger partial charge on any atom is 0.275 e. The zero-order chi connectivity index (χ0) is 14.8. The van der Waals surface area contributed by atoms with Gasteiger partial charge in [-0.2, -0.15) is 4.52 Å². The molecule has 0 spiro atoms. The van der Waals surface area contributed by atoms with Gasteiger partial charge in [0.25, 0.3) is 5.56 Å². The number of hydrogen-bond acceptors (Lipinski definition) is 6. The Hall–Kier alpha value is -2.41. The van der Waals surface area contributed by atoms with E-state index in [9.17, 15) is 4.79 Å². The lowest BCUT2D eigenvalue weighted by molar-refractivity contribution is 0.410. The molecule has 0 unspecified atom stereocenters. The second-order valence-corrected chi connectivity index (χ2v) is 5.46. The van der Waals surface area contributed by atoms with E-state index in [1.54, 1.807) is 14.0 Å². The minimum absolute atomic E-state index is 0.168. The van der Waals surface area contributed by atoms with Gasteiger partial charge in [-0.15, -0.1) is 5.10 Å². The number of aromatic nitrogens is 3. The summed E-state index contributed by atoms with van der Waals surface area (Å²) in [7, 11) is 1.64. The number of methoxy groups -OCH3 is 1. The third kappa shape index (κ3) is 2.73. The van der Waals surface area contributed by atoms with Gasteiger partial charge in [0.05, 0.1) is 7.11 Å². The van der Waals surface area contributed by atoms with Crippen LogP contribution in [0.15, 0.2) is 35.1 Å². The molecule has 0 atom stereocenters. The SMILES string of the molecule is COc1ccccc1CNc1nn2c(=O)cc(C)nc2s1. The van der Waals surface area contributed by atoms with Gasteiger partial charge in [0.2, 0.25) is 10.1 Å². The molecule has 0 fully saturated rings. The molecule has 21 heavy (non-hydrogen) atoms. The van der Waals surface area contributed by atoms with Crippen molar-refractivity contribution in [1.29, 1.82) is 0 Å². The Morgan fingerprint density at radius 2 is 2.19 bits per heavy atom. The van der Waals surface area contributed by atoms with Crippen molar-refractivity contribution in [2.24, 2.45) is 0 Å². The smallest absolute Gasteiger partial charge is 0.275 e. The van der Waals surface area contributed by atoms with Gasteiger partial charge < -0.3 is 10.1 Å². The Morgan fingerprint density at radius 3 is 3.00 bits per heavy atom. The van der Waals surface area contributed by atoms with Gasteiger partial charge in [0, 0.05) is 23.9 Å². The number of rotatable bonds is 4. The number of hydrogen-bond donors (Lipinski definition) is 1. The van der Waals surface area contributed by atoms with Crippen LogP contribution in [-0.4, -0.2) is 21.7 Å². The molecule has 3 rings (SSSR count). The fraction of sp³-hybridized carbons (Fsp3) is 0.214. The van der Waals surface area contributed by atoms with Gasteiger partial charge in [-0.1, -0.05) is 29.5 Å². The summed E-state index contributed by atoms with van der Waals surface area (Å²) >= 11 is 1.35. The van der Waals surface area contributed by atoms with Gasteiger partial charge in [-0.3, -0.25) is 4.79 Å². The zero-order valence-corrected chi connectivity index (χ0v) is 12.5. The fourth-order valence-corrected chi connectivity index (χ4v) is 2.86. The topological polar surface area (TPSA) is 68.5 Å². The first-order valence-electron chi connectivity index (χ1n) is 6.40. The Morgan fingerprint density at radius 1 is 1.38 bits per heavy atom. The van der Waals surface area contributed by atoms with E-state index in [1.165, 1.54) is 21.9 Å². The van der Waals surface area contributed by atoms with E-state index >= 15 is 0 Å². The van der Waals surface area contributed by atoms with Crippen molar-refractivity contribution < 1.29 is 4.74 Å².